The van der Waals surface area contributed by atoms with E-state index in [-0.39, 0.29) is 5.56 Å². The van der Waals surface area contributed by atoms with E-state index in [2.05, 4.69) is 0 Å². The second-order valence-electron chi connectivity index (χ2n) is 3.96. The molecule has 0 aliphatic heterocycles. The predicted molar refractivity (Wildman–Crippen MR) is 63.3 cm³/mol. The first kappa shape index (κ1) is 13.0. The molecule has 0 aliphatic rings. The molecule has 0 aromatic heterocycles. The van der Waals surface area contributed by atoms with Crippen molar-refractivity contribution in [3.05, 3.63) is 53.6 Å². The third-order valence-corrected chi connectivity index (χ3v) is 2.59. The zero-order valence-corrected chi connectivity index (χ0v) is 9.57. The minimum Gasteiger partial charge on any atom is -0.508 e. The summed E-state index contributed by atoms with van der Waals surface area (Å²) in [4.78, 5) is 0. The van der Waals surface area contributed by atoms with Crippen LogP contribution in [0.1, 0.15) is 11.1 Å². The van der Waals surface area contributed by atoms with Gasteiger partial charge in [0, 0.05) is 0 Å². The molecule has 96 valence electrons. The van der Waals surface area contributed by atoms with Gasteiger partial charge in [-0.25, -0.2) is 0 Å². The molecule has 5 heteroatoms. The van der Waals surface area contributed by atoms with Gasteiger partial charge in [-0.2, -0.15) is 18.4 Å². The lowest BCUT2D eigenvalue weighted by atomic mass is 10.0. The SMILES string of the molecule is N#Cc1ccc(-c2cc(O)cc(C(F)(F)F)c2)cc1. The van der Waals surface area contributed by atoms with Gasteiger partial charge < -0.3 is 5.11 Å². The van der Waals surface area contributed by atoms with Gasteiger partial charge in [-0.3, -0.25) is 0 Å². The van der Waals surface area contributed by atoms with Gasteiger partial charge in [-0.15, -0.1) is 0 Å². The van der Waals surface area contributed by atoms with E-state index < -0.39 is 17.5 Å². The summed E-state index contributed by atoms with van der Waals surface area (Å²) in [7, 11) is 0. The van der Waals surface area contributed by atoms with Crippen LogP contribution in [-0.4, -0.2) is 5.11 Å². The maximum Gasteiger partial charge on any atom is 0.416 e. The fourth-order valence-electron chi connectivity index (χ4n) is 1.68. The van der Waals surface area contributed by atoms with Crippen LogP contribution in [-0.2, 0) is 6.18 Å². The third-order valence-electron chi connectivity index (χ3n) is 2.59. The Morgan fingerprint density at radius 1 is 0.947 bits per heavy atom. The number of halogens is 3. The summed E-state index contributed by atoms with van der Waals surface area (Å²) < 4.78 is 37.9. The van der Waals surface area contributed by atoms with Crippen LogP contribution in [0.5, 0.6) is 5.75 Å². The van der Waals surface area contributed by atoms with Crippen LogP contribution in [0.25, 0.3) is 11.1 Å². The molecule has 0 unspecified atom stereocenters. The van der Waals surface area contributed by atoms with Crippen molar-refractivity contribution >= 4 is 0 Å². The van der Waals surface area contributed by atoms with Gasteiger partial charge in [0.2, 0.25) is 0 Å². The van der Waals surface area contributed by atoms with Crippen LogP contribution in [0, 0.1) is 11.3 Å². The van der Waals surface area contributed by atoms with E-state index in [1.807, 2.05) is 6.07 Å². The zero-order chi connectivity index (χ0) is 14.0. The highest BCUT2D eigenvalue weighted by atomic mass is 19.4. The Hall–Kier alpha value is -2.48. The lowest BCUT2D eigenvalue weighted by Gasteiger charge is -2.10. The summed E-state index contributed by atoms with van der Waals surface area (Å²) in [6, 6.07) is 10.9. The second-order valence-corrected chi connectivity index (χ2v) is 3.96. The minimum atomic E-state index is -4.51. The first-order chi connectivity index (χ1) is 8.90. The molecule has 2 aromatic rings. The first-order valence-electron chi connectivity index (χ1n) is 5.32. The molecule has 0 atom stereocenters. The highest BCUT2D eigenvalue weighted by Gasteiger charge is 2.31. The second kappa shape index (κ2) is 4.65. The molecule has 0 radical (unpaired) electrons. The lowest BCUT2D eigenvalue weighted by molar-refractivity contribution is -0.137. The minimum absolute atomic E-state index is 0.247. The Kier molecular flexibility index (Phi) is 3.17. The van der Waals surface area contributed by atoms with Gasteiger partial charge >= 0.3 is 6.18 Å². The maximum absolute atomic E-state index is 12.6. The molecule has 0 saturated carbocycles. The van der Waals surface area contributed by atoms with Crippen molar-refractivity contribution < 1.29 is 18.3 Å². The van der Waals surface area contributed by atoms with Crippen molar-refractivity contribution in [3.63, 3.8) is 0 Å². The standard InChI is InChI=1S/C14H8F3NO/c15-14(16,17)12-5-11(6-13(19)7-12)10-3-1-9(8-18)2-4-10/h1-7,19H. The van der Waals surface area contributed by atoms with Gasteiger partial charge in [0.05, 0.1) is 17.2 Å². The van der Waals surface area contributed by atoms with Gasteiger partial charge in [0.15, 0.2) is 0 Å². The molecule has 0 spiro atoms. The van der Waals surface area contributed by atoms with Crippen molar-refractivity contribution in [1.29, 1.82) is 5.26 Å². The Bertz CT molecular complexity index is 639. The van der Waals surface area contributed by atoms with E-state index in [0.717, 1.165) is 6.07 Å². The highest BCUT2D eigenvalue weighted by molar-refractivity contribution is 5.67. The number of alkyl halides is 3. The van der Waals surface area contributed by atoms with Crippen LogP contribution in [0.15, 0.2) is 42.5 Å². The molecule has 1 N–H and O–H groups in total. The highest BCUT2D eigenvalue weighted by Crippen LogP contribution is 2.35. The van der Waals surface area contributed by atoms with E-state index in [1.165, 1.54) is 30.3 Å². The van der Waals surface area contributed by atoms with Gasteiger partial charge in [-0.05, 0) is 41.5 Å². The van der Waals surface area contributed by atoms with Gasteiger partial charge in [0.1, 0.15) is 5.75 Å². The number of benzene rings is 2. The Labute approximate surface area is 107 Å². The molecular weight excluding hydrogens is 255 g/mol. The van der Waals surface area contributed by atoms with Crippen molar-refractivity contribution in [2.45, 2.75) is 6.18 Å². The third kappa shape index (κ3) is 2.86. The molecule has 0 heterocycles. The van der Waals surface area contributed by atoms with Crippen molar-refractivity contribution in [2.24, 2.45) is 0 Å². The molecule has 0 saturated heterocycles. The Morgan fingerprint density at radius 3 is 2.11 bits per heavy atom. The number of nitriles is 1. The van der Waals surface area contributed by atoms with E-state index in [4.69, 9.17) is 5.26 Å². The molecular formula is C14H8F3NO. The molecule has 19 heavy (non-hydrogen) atoms. The van der Waals surface area contributed by atoms with Crippen LogP contribution < -0.4 is 0 Å². The molecule has 0 aliphatic carbocycles. The van der Waals surface area contributed by atoms with E-state index >= 15 is 0 Å². The van der Waals surface area contributed by atoms with E-state index in [0.29, 0.717) is 17.2 Å². The molecule has 0 amide bonds. The summed E-state index contributed by atoms with van der Waals surface area (Å²) in [6.45, 7) is 0. The summed E-state index contributed by atoms with van der Waals surface area (Å²) >= 11 is 0. The normalized spacial score (nSPS) is 11.1. The van der Waals surface area contributed by atoms with Gasteiger partial charge in [0.25, 0.3) is 0 Å². The summed E-state index contributed by atoms with van der Waals surface area (Å²) in [5.74, 6) is -0.450. The average Bonchev–Trinajstić information content (AvgIpc) is 2.37. The van der Waals surface area contributed by atoms with E-state index in [1.54, 1.807) is 0 Å². The largest absolute Gasteiger partial charge is 0.508 e. The van der Waals surface area contributed by atoms with Crippen molar-refractivity contribution in [2.75, 3.05) is 0 Å². The predicted octanol–water partition coefficient (Wildman–Crippen LogP) is 3.95. The summed E-state index contributed by atoms with van der Waals surface area (Å²) in [5, 5.41) is 18.0. The number of hydrogen-bond acceptors (Lipinski definition) is 2. The van der Waals surface area contributed by atoms with Crippen LogP contribution >= 0.6 is 0 Å². The number of hydrogen-bond donors (Lipinski definition) is 1. The monoisotopic (exact) mass is 263 g/mol. The molecule has 2 aromatic carbocycles. The van der Waals surface area contributed by atoms with Crippen molar-refractivity contribution in [3.8, 4) is 22.9 Å². The lowest BCUT2D eigenvalue weighted by Crippen LogP contribution is -2.04. The molecule has 2 rings (SSSR count). The fourth-order valence-corrected chi connectivity index (χ4v) is 1.68. The van der Waals surface area contributed by atoms with Gasteiger partial charge in [-0.1, -0.05) is 12.1 Å². The molecule has 2 nitrogen and oxygen atoms in total. The fraction of sp³-hybridized carbons (Fsp3) is 0.0714. The number of nitrogens with zero attached hydrogens (tertiary/aromatic N) is 1. The molecule has 0 fully saturated rings. The quantitative estimate of drug-likeness (QED) is 0.846. The maximum atomic E-state index is 12.6. The molecule has 0 bridgehead atoms. The summed E-state index contributed by atoms with van der Waals surface area (Å²) in [6.07, 6.45) is -4.51. The smallest absolute Gasteiger partial charge is 0.416 e. The van der Waals surface area contributed by atoms with Crippen LogP contribution in [0.3, 0.4) is 0 Å². The van der Waals surface area contributed by atoms with Crippen molar-refractivity contribution in [1.82, 2.24) is 0 Å². The summed E-state index contributed by atoms with van der Waals surface area (Å²) in [5.41, 5.74) is 0.254. The average molecular weight is 263 g/mol. The Balaban J connectivity index is 2.50. The number of phenols is 1. The number of phenolic OH excluding ortho intramolecular Hbond substituents is 1. The number of rotatable bonds is 1. The zero-order valence-electron chi connectivity index (χ0n) is 9.57. The van der Waals surface area contributed by atoms with Crippen LogP contribution in [0.2, 0.25) is 0 Å². The van der Waals surface area contributed by atoms with E-state index in [9.17, 15) is 18.3 Å². The Morgan fingerprint density at radius 2 is 1.58 bits per heavy atom. The first-order valence-corrected chi connectivity index (χ1v) is 5.32. The topological polar surface area (TPSA) is 44.0 Å². The number of aromatic hydroxyl groups is 1. The van der Waals surface area contributed by atoms with Crippen LogP contribution in [0.4, 0.5) is 13.2 Å².